The monoisotopic (exact) mass is 314 g/mol. The number of hydrogen-bond donors (Lipinski definition) is 0. The molecule has 0 aromatic rings. The van der Waals surface area contributed by atoms with Gasteiger partial charge >= 0.3 is 0 Å². The summed E-state index contributed by atoms with van der Waals surface area (Å²) in [7, 11) is -8.94. The number of hydrogen-bond acceptors (Lipinski definition) is 8. The van der Waals surface area contributed by atoms with E-state index in [1.54, 1.807) is 11.9 Å². The highest BCUT2D eigenvalue weighted by molar-refractivity contribution is 7.58. The molecule has 0 aromatic carbocycles. The van der Waals surface area contributed by atoms with E-state index in [1.807, 2.05) is 19.9 Å². The Morgan fingerprint density at radius 1 is 1.21 bits per heavy atom. The van der Waals surface area contributed by atoms with E-state index in [2.05, 4.69) is 8.83 Å². The van der Waals surface area contributed by atoms with Crippen molar-refractivity contribution in [1.82, 2.24) is 4.90 Å². The summed E-state index contributed by atoms with van der Waals surface area (Å²) < 4.78 is 28.6. The highest BCUT2D eigenvalue weighted by Crippen LogP contribution is 2.50. The maximum atomic E-state index is 10.9. The van der Waals surface area contributed by atoms with Gasteiger partial charge in [-0.2, -0.15) is 0 Å². The molecule has 0 heterocycles. The summed E-state index contributed by atoms with van der Waals surface area (Å²) >= 11 is 0. The van der Waals surface area contributed by atoms with Gasteiger partial charge in [0.2, 0.25) is 0 Å². The van der Waals surface area contributed by atoms with Crippen LogP contribution in [0.1, 0.15) is 20.3 Å². The van der Waals surface area contributed by atoms with Gasteiger partial charge in [-0.25, -0.2) is 0 Å². The van der Waals surface area contributed by atoms with Crippen LogP contribution in [0.2, 0.25) is 0 Å². The molecule has 19 heavy (non-hydrogen) atoms. The van der Waals surface area contributed by atoms with Crippen molar-refractivity contribution in [1.29, 1.82) is 0 Å². The Balaban J connectivity index is 3.93. The second kappa shape index (κ2) is 8.29. The number of phosphoric acid groups is 2. The molecule has 8 nitrogen and oxygen atoms in total. The van der Waals surface area contributed by atoms with Gasteiger partial charge in [-0.1, -0.05) is 11.6 Å². The Bertz CT molecular complexity index is 388. The fourth-order valence-electron chi connectivity index (χ4n) is 1.14. The summed E-state index contributed by atoms with van der Waals surface area (Å²) in [6, 6.07) is 0. The summed E-state index contributed by atoms with van der Waals surface area (Å²) in [5.74, 6) is 0. The van der Waals surface area contributed by atoms with E-state index in [4.69, 9.17) is 0 Å². The van der Waals surface area contributed by atoms with Crippen LogP contribution < -0.4 is 14.7 Å². The van der Waals surface area contributed by atoms with Crippen LogP contribution in [0.25, 0.3) is 0 Å². The number of likely N-dealkylation sites (N-methyl/N-ethyl adjacent to an activating group) is 1. The molecule has 1 atom stereocenters. The van der Waals surface area contributed by atoms with E-state index in [9.17, 15) is 23.8 Å². The van der Waals surface area contributed by atoms with Crippen LogP contribution in [0.4, 0.5) is 0 Å². The van der Waals surface area contributed by atoms with Crippen molar-refractivity contribution in [2.75, 3.05) is 26.7 Å². The van der Waals surface area contributed by atoms with Gasteiger partial charge in [0.1, 0.15) is 0 Å². The number of nitrogens with zero attached hydrogens (tertiary/aromatic N) is 1. The third kappa shape index (κ3) is 12.7. The van der Waals surface area contributed by atoms with Crippen LogP contribution in [0.15, 0.2) is 11.6 Å². The molecule has 0 aromatic heterocycles. The molecular weight excluding hydrogens is 296 g/mol. The van der Waals surface area contributed by atoms with Crippen molar-refractivity contribution in [2.45, 2.75) is 20.3 Å². The largest absolute Gasteiger partial charge is 0.790 e. The SMILES string of the molecule is CC(C)=CCCN(C)CCOP(=O)([O-])OP(=O)([O-])[O-]. The number of allylic oxidation sites excluding steroid dienone is 1. The molecule has 0 rings (SSSR count). The lowest BCUT2D eigenvalue weighted by Gasteiger charge is -2.35. The van der Waals surface area contributed by atoms with Gasteiger partial charge in [0.05, 0.1) is 14.4 Å². The average molecular weight is 314 g/mol. The molecule has 0 radical (unpaired) electrons. The molecule has 1 unspecified atom stereocenters. The maximum absolute atomic E-state index is 10.9. The number of rotatable bonds is 9. The lowest BCUT2D eigenvalue weighted by Crippen LogP contribution is -2.25. The summed E-state index contributed by atoms with van der Waals surface area (Å²) in [5, 5.41) is 0. The molecule has 0 amide bonds. The molecule has 0 saturated heterocycles. The lowest BCUT2D eigenvalue weighted by atomic mass is 10.2. The molecule has 0 spiro atoms. The van der Waals surface area contributed by atoms with Gasteiger partial charge in [-0.3, -0.25) is 8.88 Å². The fourth-order valence-corrected chi connectivity index (χ4v) is 2.61. The number of phosphoric ester groups is 1. The predicted octanol–water partition coefficient (Wildman–Crippen LogP) is -0.395. The minimum absolute atomic E-state index is 0.258. The molecule has 0 aliphatic carbocycles. The molecule has 114 valence electrons. The average Bonchev–Trinajstić information content (AvgIpc) is 2.12. The first-order valence-corrected chi connectivity index (χ1v) is 8.45. The van der Waals surface area contributed by atoms with E-state index in [1.165, 1.54) is 5.57 Å². The molecule has 0 aliphatic heterocycles. The van der Waals surface area contributed by atoms with Crippen LogP contribution in [0.5, 0.6) is 0 Å². The van der Waals surface area contributed by atoms with E-state index in [0.717, 1.165) is 6.42 Å². The smallest absolute Gasteiger partial charge is 0.271 e. The zero-order valence-corrected chi connectivity index (χ0v) is 12.9. The summed E-state index contributed by atoms with van der Waals surface area (Å²) in [6.45, 7) is 4.61. The van der Waals surface area contributed by atoms with Gasteiger partial charge in [-0.15, -0.1) is 0 Å². The van der Waals surface area contributed by atoms with Crippen LogP contribution in [-0.4, -0.2) is 31.6 Å². The Morgan fingerprint density at radius 2 is 1.79 bits per heavy atom. The highest BCUT2D eigenvalue weighted by Gasteiger charge is 2.11. The van der Waals surface area contributed by atoms with Crippen LogP contribution in [0, 0.1) is 0 Å². The van der Waals surface area contributed by atoms with Gasteiger partial charge in [-0.05, 0) is 27.3 Å². The fraction of sp³-hybridized carbons (Fsp3) is 0.778. The van der Waals surface area contributed by atoms with Crippen molar-refractivity contribution >= 4 is 15.6 Å². The zero-order chi connectivity index (χ0) is 15.1. The maximum Gasteiger partial charge on any atom is 0.271 e. The highest BCUT2D eigenvalue weighted by atomic mass is 31.3. The standard InChI is InChI=1S/C9H21NO7P2/c1-9(2)5-4-6-10(3)7-8-16-19(14,15)17-18(11,12)13/h5H,4,6-8H2,1-3H3,(H,14,15)(H2,11,12,13)/p-3. The summed E-state index contributed by atoms with van der Waals surface area (Å²) in [5.41, 5.74) is 1.18. The molecule has 10 heteroatoms. The van der Waals surface area contributed by atoms with Gasteiger partial charge in [0.15, 0.2) is 0 Å². The molecule has 0 bridgehead atoms. The Labute approximate surface area is 112 Å². The summed E-state index contributed by atoms with van der Waals surface area (Å²) in [4.78, 5) is 33.0. The van der Waals surface area contributed by atoms with Gasteiger partial charge < -0.3 is 28.7 Å². The van der Waals surface area contributed by atoms with E-state index in [-0.39, 0.29) is 13.2 Å². The van der Waals surface area contributed by atoms with Gasteiger partial charge in [0, 0.05) is 13.1 Å². The van der Waals surface area contributed by atoms with Crippen molar-refractivity contribution < 1.29 is 32.6 Å². The Kier molecular flexibility index (Phi) is 8.27. The molecule has 0 saturated carbocycles. The molecule has 0 fully saturated rings. The van der Waals surface area contributed by atoms with E-state index in [0.29, 0.717) is 6.54 Å². The minimum Gasteiger partial charge on any atom is -0.790 e. The van der Waals surface area contributed by atoms with Crippen molar-refractivity contribution in [2.24, 2.45) is 0 Å². The van der Waals surface area contributed by atoms with Crippen LogP contribution in [-0.2, 0) is 18.0 Å². The van der Waals surface area contributed by atoms with Crippen molar-refractivity contribution in [3.8, 4) is 0 Å². The van der Waals surface area contributed by atoms with Gasteiger partial charge in [0.25, 0.3) is 7.82 Å². The quantitative estimate of drug-likeness (QED) is 0.416. The third-order valence-electron chi connectivity index (χ3n) is 1.99. The second-order valence-electron chi connectivity index (χ2n) is 4.18. The predicted molar refractivity (Wildman–Crippen MR) is 63.8 cm³/mol. The second-order valence-corrected chi connectivity index (χ2v) is 6.88. The lowest BCUT2D eigenvalue weighted by molar-refractivity contribution is -0.339. The first-order chi connectivity index (χ1) is 8.52. The van der Waals surface area contributed by atoms with Crippen LogP contribution >= 0.6 is 15.6 Å². The first kappa shape index (κ1) is 19.0. The Morgan fingerprint density at radius 3 is 2.26 bits per heavy atom. The normalized spacial score (nSPS) is 15.3. The third-order valence-corrected chi connectivity index (χ3v) is 4.08. The molecule has 0 N–H and O–H groups in total. The summed E-state index contributed by atoms with van der Waals surface area (Å²) in [6.07, 6.45) is 2.84. The first-order valence-electron chi connectivity index (χ1n) is 5.53. The Hall–Kier alpha value is -0.0400. The molecule has 0 aliphatic rings. The van der Waals surface area contributed by atoms with Crippen LogP contribution in [0.3, 0.4) is 0 Å². The van der Waals surface area contributed by atoms with Crippen molar-refractivity contribution in [3.63, 3.8) is 0 Å². The molecular formula is C9H18NO7P2-3. The minimum atomic E-state index is -5.60. The topological polar surface area (TPSA) is 125 Å². The van der Waals surface area contributed by atoms with Crippen molar-refractivity contribution in [3.05, 3.63) is 11.6 Å². The van der Waals surface area contributed by atoms with E-state index < -0.39 is 15.6 Å². The van der Waals surface area contributed by atoms with E-state index >= 15 is 0 Å². The zero-order valence-electron chi connectivity index (χ0n) is 11.1.